The third kappa shape index (κ3) is 3.31. The molecule has 0 unspecified atom stereocenters. The fourth-order valence-corrected chi connectivity index (χ4v) is 3.55. The van der Waals surface area contributed by atoms with Crippen LogP contribution < -0.4 is 10.3 Å². The van der Waals surface area contributed by atoms with Crippen LogP contribution in [0.1, 0.15) is 5.56 Å². The molecule has 0 bridgehead atoms. The molecule has 0 fully saturated rings. The Morgan fingerprint density at radius 1 is 1.19 bits per heavy atom. The fraction of sp³-hybridized carbons (Fsp3) is 0.105. The summed E-state index contributed by atoms with van der Waals surface area (Å²) in [5.74, 6) is 0.682. The SMILES string of the molecule is COc1ccccc1-n1ncc2c(=O)[nH]c(SCc3ccccc3F)nc21. The molecular weight excluding hydrogens is 367 g/mol. The lowest BCUT2D eigenvalue weighted by atomic mass is 10.2. The molecule has 2 heterocycles. The van der Waals surface area contributed by atoms with E-state index in [1.807, 2.05) is 24.3 Å². The predicted octanol–water partition coefficient (Wildman–Crippen LogP) is 3.55. The Hall–Kier alpha value is -3.13. The van der Waals surface area contributed by atoms with Crippen molar-refractivity contribution in [1.82, 2.24) is 19.7 Å². The molecule has 0 aliphatic rings. The molecular formula is C19H15FN4O2S. The van der Waals surface area contributed by atoms with E-state index in [0.717, 1.165) is 0 Å². The maximum atomic E-state index is 13.8. The number of aromatic amines is 1. The molecule has 8 heteroatoms. The lowest BCUT2D eigenvalue weighted by molar-refractivity contribution is 0.412. The van der Waals surface area contributed by atoms with Crippen LogP contribution in [0, 0.1) is 5.82 Å². The van der Waals surface area contributed by atoms with Gasteiger partial charge in [-0.25, -0.2) is 14.1 Å². The maximum Gasteiger partial charge on any atom is 0.262 e. The number of thioether (sulfide) groups is 1. The van der Waals surface area contributed by atoms with Crippen LogP contribution in [0.4, 0.5) is 4.39 Å². The van der Waals surface area contributed by atoms with E-state index < -0.39 is 0 Å². The zero-order valence-corrected chi connectivity index (χ0v) is 15.2. The Balaban J connectivity index is 1.74. The number of hydrogen-bond acceptors (Lipinski definition) is 5. The average molecular weight is 382 g/mol. The minimum absolute atomic E-state index is 0.285. The number of para-hydroxylation sites is 2. The Morgan fingerprint density at radius 3 is 2.78 bits per heavy atom. The Kier molecular flexibility index (Phi) is 4.64. The third-order valence-corrected chi connectivity index (χ3v) is 4.97. The first-order valence-corrected chi connectivity index (χ1v) is 9.13. The minimum atomic E-state index is -0.294. The van der Waals surface area contributed by atoms with E-state index in [2.05, 4.69) is 15.1 Å². The second-order valence-corrected chi connectivity index (χ2v) is 6.68. The lowest BCUT2D eigenvalue weighted by Gasteiger charge is -2.09. The molecule has 0 spiro atoms. The number of nitrogens with one attached hydrogen (secondary N) is 1. The van der Waals surface area contributed by atoms with E-state index in [4.69, 9.17) is 4.74 Å². The number of fused-ring (bicyclic) bond motifs is 1. The number of hydrogen-bond donors (Lipinski definition) is 1. The normalized spacial score (nSPS) is 11.0. The van der Waals surface area contributed by atoms with Crippen LogP contribution in [0.5, 0.6) is 5.75 Å². The van der Waals surface area contributed by atoms with E-state index in [1.165, 1.54) is 24.0 Å². The van der Waals surface area contributed by atoms with Crippen LogP contribution in [0.2, 0.25) is 0 Å². The predicted molar refractivity (Wildman–Crippen MR) is 102 cm³/mol. The number of halogens is 1. The smallest absolute Gasteiger partial charge is 0.262 e. The zero-order chi connectivity index (χ0) is 18.8. The van der Waals surface area contributed by atoms with Crippen molar-refractivity contribution in [1.29, 1.82) is 0 Å². The standard InChI is InChI=1S/C19H15FN4O2S/c1-26-16-9-5-4-8-15(16)24-17-13(10-21-24)18(25)23-19(22-17)27-11-12-6-2-3-7-14(12)20/h2-10H,11H2,1H3,(H,22,23,25). The van der Waals surface area contributed by atoms with Crippen molar-refractivity contribution in [2.75, 3.05) is 7.11 Å². The van der Waals surface area contributed by atoms with E-state index in [9.17, 15) is 9.18 Å². The summed E-state index contributed by atoms with van der Waals surface area (Å²) in [6, 6.07) is 13.9. The van der Waals surface area contributed by atoms with Gasteiger partial charge in [-0.05, 0) is 23.8 Å². The second-order valence-electron chi connectivity index (χ2n) is 5.72. The van der Waals surface area contributed by atoms with Crippen LogP contribution in [0.3, 0.4) is 0 Å². The summed E-state index contributed by atoms with van der Waals surface area (Å²) >= 11 is 1.25. The van der Waals surface area contributed by atoms with Gasteiger partial charge in [0.1, 0.15) is 22.6 Å². The summed E-state index contributed by atoms with van der Waals surface area (Å²) in [5, 5.41) is 5.06. The largest absolute Gasteiger partial charge is 0.494 e. The molecule has 0 aliphatic heterocycles. The van der Waals surface area contributed by atoms with Gasteiger partial charge in [-0.2, -0.15) is 5.10 Å². The van der Waals surface area contributed by atoms with Crippen molar-refractivity contribution in [2.24, 2.45) is 0 Å². The third-order valence-electron chi connectivity index (χ3n) is 4.05. The van der Waals surface area contributed by atoms with Crippen LogP contribution in [0.25, 0.3) is 16.7 Å². The number of rotatable bonds is 5. The lowest BCUT2D eigenvalue weighted by Crippen LogP contribution is -2.10. The molecule has 6 nitrogen and oxygen atoms in total. The molecule has 4 rings (SSSR count). The Morgan fingerprint density at radius 2 is 1.96 bits per heavy atom. The van der Waals surface area contributed by atoms with Crippen molar-refractivity contribution < 1.29 is 9.13 Å². The van der Waals surface area contributed by atoms with Gasteiger partial charge in [-0.3, -0.25) is 4.79 Å². The summed E-state index contributed by atoms with van der Waals surface area (Å²) in [6.45, 7) is 0. The fourth-order valence-electron chi connectivity index (χ4n) is 2.71. The first kappa shape index (κ1) is 17.3. The van der Waals surface area contributed by atoms with Crippen molar-refractivity contribution in [3.63, 3.8) is 0 Å². The van der Waals surface area contributed by atoms with Gasteiger partial charge in [0.05, 0.1) is 13.3 Å². The van der Waals surface area contributed by atoms with Gasteiger partial charge >= 0.3 is 0 Å². The molecule has 2 aromatic carbocycles. The molecule has 0 aliphatic carbocycles. The number of nitrogens with zero attached hydrogens (tertiary/aromatic N) is 3. The first-order valence-electron chi connectivity index (χ1n) is 8.15. The molecule has 0 amide bonds. The highest BCUT2D eigenvalue weighted by molar-refractivity contribution is 7.98. The summed E-state index contributed by atoms with van der Waals surface area (Å²) in [6.07, 6.45) is 1.47. The van der Waals surface area contributed by atoms with Gasteiger partial charge in [0.15, 0.2) is 10.8 Å². The maximum absolute atomic E-state index is 13.8. The molecule has 27 heavy (non-hydrogen) atoms. The highest BCUT2D eigenvalue weighted by atomic mass is 32.2. The molecule has 0 saturated heterocycles. The van der Waals surface area contributed by atoms with E-state index in [-0.39, 0.29) is 11.4 Å². The second kappa shape index (κ2) is 7.24. The van der Waals surface area contributed by atoms with Gasteiger partial charge in [-0.1, -0.05) is 42.1 Å². The molecule has 4 aromatic rings. The summed E-state index contributed by atoms with van der Waals surface area (Å²) < 4.78 is 20.8. The van der Waals surface area contributed by atoms with Crippen LogP contribution >= 0.6 is 11.8 Å². The number of benzene rings is 2. The summed E-state index contributed by atoms with van der Waals surface area (Å²) in [4.78, 5) is 19.7. The Labute approximate surface area is 158 Å². The number of ether oxygens (including phenoxy) is 1. The van der Waals surface area contributed by atoms with Crippen LogP contribution in [0.15, 0.2) is 64.7 Å². The highest BCUT2D eigenvalue weighted by Crippen LogP contribution is 2.26. The van der Waals surface area contributed by atoms with Crippen LogP contribution in [-0.4, -0.2) is 26.9 Å². The van der Waals surface area contributed by atoms with Crippen molar-refractivity contribution in [3.05, 3.63) is 76.5 Å². The van der Waals surface area contributed by atoms with Gasteiger partial charge in [-0.15, -0.1) is 0 Å². The quantitative estimate of drug-likeness (QED) is 0.422. The van der Waals surface area contributed by atoms with Gasteiger partial charge in [0.2, 0.25) is 0 Å². The summed E-state index contributed by atoms with van der Waals surface area (Å²) in [5.41, 5.74) is 1.35. The monoisotopic (exact) mass is 382 g/mol. The van der Waals surface area contributed by atoms with Crippen LogP contribution in [-0.2, 0) is 5.75 Å². The van der Waals surface area contributed by atoms with Gasteiger partial charge in [0.25, 0.3) is 5.56 Å². The number of methoxy groups -OCH3 is 1. The molecule has 2 aromatic heterocycles. The van der Waals surface area contributed by atoms with Crippen molar-refractivity contribution in [3.8, 4) is 11.4 Å². The van der Waals surface area contributed by atoms with E-state index in [0.29, 0.717) is 38.9 Å². The van der Waals surface area contributed by atoms with E-state index >= 15 is 0 Å². The Bertz CT molecular complexity index is 1170. The number of aromatic nitrogens is 4. The zero-order valence-electron chi connectivity index (χ0n) is 14.3. The van der Waals surface area contributed by atoms with Gasteiger partial charge < -0.3 is 9.72 Å². The molecule has 1 N–H and O–H groups in total. The van der Waals surface area contributed by atoms with Gasteiger partial charge in [0, 0.05) is 5.75 Å². The molecule has 136 valence electrons. The topological polar surface area (TPSA) is 72.8 Å². The molecule has 0 saturated carbocycles. The molecule has 0 atom stereocenters. The minimum Gasteiger partial charge on any atom is -0.494 e. The molecule has 0 radical (unpaired) electrons. The number of H-pyrrole nitrogens is 1. The summed E-state index contributed by atoms with van der Waals surface area (Å²) in [7, 11) is 1.57. The van der Waals surface area contributed by atoms with E-state index in [1.54, 1.807) is 30.0 Å². The van der Waals surface area contributed by atoms with Crippen molar-refractivity contribution in [2.45, 2.75) is 10.9 Å². The highest BCUT2D eigenvalue weighted by Gasteiger charge is 2.14. The average Bonchev–Trinajstić information content (AvgIpc) is 3.11. The first-order chi connectivity index (χ1) is 13.2. The van der Waals surface area contributed by atoms with Crippen molar-refractivity contribution >= 4 is 22.8 Å².